The summed E-state index contributed by atoms with van der Waals surface area (Å²) in [6, 6.07) is 7.94. The Hall–Kier alpha value is -0.900. The summed E-state index contributed by atoms with van der Waals surface area (Å²) in [5.74, 6) is 0.647. The Morgan fingerprint density at radius 2 is 2.00 bits per heavy atom. The molecule has 1 aromatic heterocycles. The summed E-state index contributed by atoms with van der Waals surface area (Å²) in [4.78, 5) is 5.95. The van der Waals surface area contributed by atoms with Crippen LogP contribution < -0.4 is 5.73 Å². The molecule has 1 heterocycles. The van der Waals surface area contributed by atoms with Gasteiger partial charge in [-0.3, -0.25) is 0 Å². The van der Waals surface area contributed by atoms with Crippen molar-refractivity contribution < 1.29 is 0 Å². The number of nitrogens with two attached hydrogens (primary N) is 1. The monoisotopic (exact) mass is 278 g/mol. The van der Waals surface area contributed by atoms with Gasteiger partial charge in [0.2, 0.25) is 0 Å². The van der Waals surface area contributed by atoms with Crippen molar-refractivity contribution in [3.05, 3.63) is 39.2 Å². The fourth-order valence-electron chi connectivity index (χ4n) is 2.09. The summed E-state index contributed by atoms with van der Waals surface area (Å²) < 4.78 is 0. The van der Waals surface area contributed by atoms with E-state index in [0.717, 1.165) is 21.3 Å². The van der Waals surface area contributed by atoms with Gasteiger partial charge in [0.1, 0.15) is 5.01 Å². The second-order valence-electron chi connectivity index (χ2n) is 4.83. The van der Waals surface area contributed by atoms with E-state index in [1.165, 1.54) is 17.7 Å². The average molecular weight is 279 g/mol. The zero-order chi connectivity index (χ0) is 12.7. The molecule has 1 unspecified atom stereocenters. The normalized spacial score (nSPS) is 16.8. The maximum atomic E-state index is 6.21. The van der Waals surface area contributed by atoms with Gasteiger partial charge < -0.3 is 5.73 Å². The number of thiazole rings is 1. The first kappa shape index (κ1) is 12.2. The summed E-state index contributed by atoms with van der Waals surface area (Å²) in [6.45, 7) is 2.10. The summed E-state index contributed by atoms with van der Waals surface area (Å²) in [6.07, 6.45) is 2.49. The average Bonchev–Trinajstić information content (AvgIpc) is 3.13. The quantitative estimate of drug-likeness (QED) is 0.915. The molecular weight excluding hydrogens is 264 g/mol. The van der Waals surface area contributed by atoms with E-state index in [9.17, 15) is 0 Å². The number of nitrogens with zero attached hydrogens (tertiary/aromatic N) is 1. The van der Waals surface area contributed by atoms with E-state index in [-0.39, 0.29) is 6.04 Å². The Morgan fingerprint density at radius 1 is 1.33 bits per heavy atom. The maximum absolute atomic E-state index is 6.21. The molecule has 2 nitrogen and oxygen atoms in total. The van der Waals surface area contributed by atoms with Gasteiger partial charge in [-0.1, -0.05) is 23.7 Å². The highest BCUT2D eigenvalue weighted by atomic mass is 35.5. The lowest BCUT2D eigenvalue weighted by atomic mass is 10.1. The van der Waals surface area contributed by atoms with Gasteiger partial charge in [0.25, 0.3) is 0 Å². The highest BCUT2D eigenvalue weighted by molar-refractivity contribution is 7.12. The number of benzene rings is 1. The minimum atomic E-state index is 0.120. The maximum Gasteiger partial charge on any atom is 0.111 e. The van der Waals surface area contributed by atoms with E-state index in [1.54, 1.807) is 11.3 Å². The standard InChI is InChI=1S/C14H15ClN2S/c1-8-13(10-4-6-11(15)7-5-10)17-14(18-8)12(16)9-2-3-9/h4-7,9,12H,2-3,16H2,1H3. The largest absolute Gasteiger partial charge is 0.322 e. The van der Waals surface area contributed by atoms with Gasteiger partial charge in [0, 0.05) is 15.5 Å². The van der Waals surface area contributed by atoms with Crippen molar-refractivity contribution in [3.63, 3.8) is 0 Å². The molecule has 0 aliphatic heterocycles. The van der Waals surface area contributed by atoms with E-state index < -0.39 is 0 Å². The minimum Gasteiger partial charge on any atom is -0.322 e. The minimum absolute atomic E-state index is 0.120. The SMILES string of the molecule is Cc1sc(C(N)C2CC2)nc1-c1ccc(Cl)cc1. The number of rotatable bonds is 3. The smallest absolute Gasteiger partial charge is 0.111 e. The van der Waals surface area contributed by atoms with Crippen molar-refractivity contribution >= 4 is 22.9 Å². The Kier molecular flexibility index (Phi) is 3.14. The molecular formula is C14H15ClN2S. The van der Waals surface area contributed by atoms with Gasteiger partial charge in [-0.2, -0.15) is 0 Å². The van der Waals surface area contributed by atoms with E-state index >= 15 is 0 Å². The molecule has 2 N–H and O–H groups in total. The molecule has 0 spiro atoms. The molecule has 94 valence electrons. The highest BCUT2D eigenvalue weighted by Gasteiger charge is 2.31. The van der Waals surface area contributed by atoms with Gasteiger partial charge in [0.15, 0.2) is 0 Å². The van der Waals surface area contributed by atoms with E-state index in [0.29, 0.717) is 5.92 Å². The molecule has 0 radical (unpaired) electrons. The lowest BCUT2D eigenvalue weighted by Gasteiger charge is -2.04. The van der Waals surface area contributed by atoms with Crippen molar-refractivity contribution in [2.24, 2.45) is 11.7 Å². The molecule has 0 saturated heterocycles. The first-order valence-corrected chi connectivity index (χ1v) is 7.33. The van der Waals surface area contributed by atoms with Gasteiger partial charge in [-0.05, 0) is 37.8 Å². The lowest BCUT2D eigenvalue weighted by Crippen LogP contribution is -2.11. The first-order valence-electron chi connectivity index (χ1n) is 6.14. The van der Waals surface area contributed by atoms with E-state index in [4.69, 9.17) is 22.3 Å². The number of halogens is 1. The summed E-state index contributed by atoms with van der Waals surface area (Å²) >= 11 is 7.63. The zero-order valence-corrected chi connectivity index (χ0v) is 11.8. The number of aryl methyl sites for hydroxylation is 1. The van der Waals surface area contributed by atoms with Crippen molar-refractivity contribution in [2.75, 3.05) is 0 Å². The van der Waals surface area contributed by atoms with E-state index in [1.807, 2.05) is 24.3 Å². The summed E-state index contributed by atoms with van der Waals surface area (Å²) in [5.41, 5.74) is 8.37. The number of aromatic nitrogens is 1. The topological polar surface area (TPSA) is 38.9 Å². The molecule has 1 aliphatic rings. The van der Waals surface area contributed by atoms with Crippen LogP contribution in [0.25, 0.3) is 11.3 Å². The molecule has 2 aromatic rings. The van der Waals surface area contributed by atoms with Crippen LogP contribution in [0, 0.1) is 12.8 Å². The van der Waals surface area contributed by atoms with Crippen LogP contribution in [0.4, 0.5) is 0 Å². The summed E-state index contributed by atoms with van der Waals surface area (Å²) in [5, 5.41) is 1.82. The van der Waals surface area contributed by atoms with Crippen molar-refractivity contribution in [1.82, 2.24) is 4.98 Å². The molecule has 1 saturated carbocycles. The fraction of sp³-hybridized carbons (Fsp3) is 0.357. The molecule has 1 aliphatic carbocycles. The van der Waals surface area contributed by atoms with Gasteiger partial charge in [-0.25, -0.2) is 4.98 Å². The van der Waals surface area contributed by atoms with Crippen LogP contribution in [0.3, 0.4) is 0 Å². The van der Waals surface area contributed by atoms with Gasteiger partial charge in [-0.15, -0.1) is 11.3 Å². The van der Waals surface area contributed by atoms with Gasteiger partial charge >= 0.3 is 0 Å². The van der Waals surface area contributed by atoms with E-state index in [2.05, 4.69) is 6.92 Å². The van der Waals surface area contributed by atoms with Crippen LogP contribution in [0.1, 0.15) is 28.8 Å². The Labute approximate surface area is 116 Å². The van der Waals surface area contributed by atoms with Gasteiger partial charge in [0.05, 0.1) is 11.7 Å². The predicted octanol–water partition coefficient (Wildman–Crippen LogP) is 4.18. The third kappa shape index (κ3) is 2.30. The third-order valence-electron chi connectivity index (χ3n) is 3.35. The van der Waals surface area contributed by atoms with Crippen LogP contribution in [0.5, 0.6) is 0 Å². The molecule has 0 bridgehead atoms. The second-order valence-corrected chi connectivity index (χ2v) is 6.50. The number of hydrogen-bond acceptors (Lipinski definition) is 3. The van der Waals surface area contributed by atoms with Crippen molar-refractivity contribution in [3.8, 4) is 11.3 Å². The highest BCUT2D eigenvalue weighted by Crippen LogP contribution is 2.42. The van der Waals surface area contributed by atoms with Crippen LogP contribution in [-0.4, -0.2) is 4.98 Å². The Bertz CT molecular complexity index is 558. The van der Waals surface area contributed by atoms with Crippen LogP contribution in [0.2, 0.25) is 5.02 Å². The molecule has 3 rings (SSSR count). The molecule has 1 aromatic carbocycles. The molecule has 1 atom stereocenters. The Balaban J connectivity index is 1.94. The molecule has 18 heavy (non-hydrogen) atoms. The summed E-state index contributed by atoms with van der Waals surface area (Å²) in [7, 11) is 0. The predicted molar refractivity (Wildman–Crippen MR) is 76.9 cm³/mol. The van der Waals surface area contributed by atoms with Crippen molar-refractivity contribution in [2.45, 2.75) is 25.8 Å². The lowest BCUT2D eigenvalue weighted by molar-refractivity contribution is 0.629. The zero-order valence-electron chi connectivity index (χ0n) is 10.2. The Morgan fingerprint density at radius 3 is 2.61 bits per heavy atom. The van der Waals surface area contributed by atoms with Crippen LogP contribution in [0.15, 0.2) is 24.3 Å². The third-order valence-corrected chi connectivity index (χ3v) is 4.67. The fourth-order valence-corrected chi connectivity index (χ4v) is 3.26. The molecule has 0 amide bonds. The van der Waals surface area contributed by atoms with Crippen LogP contribution in [-0.2, 0) is 0 Å². The first-order chi connectivity index (χ1) is 8.65. The van der Waals surface area contributed by atoms with Crippen molar-refractivity contribution in [1.29, 1.82) is 0 Å². The molecule has 1 fully saturated rings. The second kappa shape index (κ2) is 4.65. The van der Waals surface area contributed by atoms with Crippen LogP contribution >= 0.6 is 22.9 Å². The number of hydrogen-bond donors (Lipinski definition) is 1. The molecule has 4 heteroatoms.